The van der Waals surface area contributed by atoms with Gasteiger partial charge in [-0.2, -0.15) is 0 Å². The first kappa shape index (κ1) is 21.2. The van der Waals surface area contributed by atoms with Crippen molar-refractivity contribution < 1.29 is 29.0 Å². The smallest absolute Gasteiger partial charge is 0.296 e. The number of phenolic OH excluding ortho intramolecular Hbond substituents is 1. The molecule has 1 fully saturated rings. The number of aliphatic hydroxyl groups is 1. The average molecular weight is 433 g/mol. The first-order valence-corrected chi connectivity index (χ1v) is 10.2. The standard InChI is InChI=1S/C25H23NO6/c1-15(2)32-19-11-7-17(8-12-19)23(28)21-22(16-5-9-18(27)10-6-16)26(25(30)24(21)29)14-20-4-3-13-31-20/h3-13,15,22,27-28H,14H2,1-2H3/b23-21-. The van der Waals surface area contributed by atoms with Crippen LogP contribution in [0.25, 0.3) is 5.76 Å². The zero-order valence-corrected chi connectivity index (χ0v) is 17.7. The van der Waals surface area contributed by atoms with Gasteiger partial charge in [-0.3, -0.25) is 9.59 Å². The molecule has 1 unspecified atom stereocenters. The van der Waals surface area contributed by atoms with Crippen LogP contribution in [0.1, 0.15) is 36.8 Å². The van der Waals surface area contributed by atoms with E-state index in [0.29, 0.717) is 22.6 Å². The van der Waals surface area contributed by atoms with E-state index in [1.165, 1.54) is 23.3 Å². The van der Waals surface area contributed by atoms with Crippen molar-refractivity contribution in [3.8, 4) is 11.5 Å². The number of furan rings is 1. The number of carbonyl (C=O) groups is 2. The zero-order valence-electron chi connectivity index (χ0n) is 17.7. The largest absolute Gasteiger partial charge is 0.508 e. The van der Waals surface area contributed by atoms with Gasteiger partial charge in [-0.1, -0.05) is 12.1 Å². The molecule has 0 aliphatic carbocycles. The van der Waals surface area contributed by atoms with Crippen LogP contribution in [0.3, 0.4) is 0 Å². The normalized spacial score (nSPS) is 17.8. The lowest BCUT2D eigenvalue weighted by Crippen LogP contribution is -2.29. The number of benzene rings is 2. The highest BCUT2D eigenvalue weighted by atomic mass is 16.5. The van der Waals surface area contributed by atoms with E-state index in [1.807, 2.05) is 13.8 Å². The highest BCUT2D eigenvalue weighted by Crippen LogP contribution is 2.40. The molecule has 32 heavy (non-hydrogen) atoms. The summed E-state index contributed by atoms with van der Waals surface area (Å²) < 4.78 is 11.0. The molecular formula is C25H23NO6. The quantitative estimate of drug-likeness (QED) is 0.340. The van der Waals surface area contributed by atoms with Crippen molar-refractivity contribution in [1.82, 2.24) is 4.90 Å². The number of ether oxygens (including phenoxy) is 1. The molecule has 0 radical (unpaired) electrons. The van der Waals surface area contributed by atoms with Crippen LogP contribution in [0.15, 0.2) is 76.9 Å². The highest BCUT2D eigenvalue weighted by Gasteiger charge is 2.46. The zero-order chi connectivity index (χ0) is 22.8. The van der Waals surface area contributed by atoms with Crippen LogP contribution in [-0.4, -0.2) is 32.9 Å². The molecule has 1 amide bonds. The maximum absolute atomic E-state index is 13.0. The van der Waals surface area contributed by atoms with Crippen LogP contribution in [-0.2, 0) is 16.1 Å². The number of Topliss-reactive ketones (excluding diaryl/α,β-unsaturated/α-hetero) is 1. The Kier molecular flexibility index (Phi) is 5.73. The number of carbonyl (C=O) groups excluding carboxylic acids is 2. The number of hydrogen-bond acceptors (Lipinski definition) is 6. The van der Waals surface area contributed by atoms with Crippen molar-refractivity contribution in [2.75, 3.05) is 0 Å². The predicted molar refractivity (Wildman–Crippen MR) is 117 cm³/mol. The third-order valence-corrected chi connectivity index (χ3v) is 5.15. The van der Waals surface area contributed by atoms with Gasteiger partial charge < -0.3 is 24.3 Å². The van der Waals surface area contributed by atoms with E-state index in [9.17, 15) is 19.8 Å². The summed E-state index contributed by atoms with van der Waals surface area (Å²) in [5.41, 5.74) is 0.945. The molecule has 7 nitrogen and oxygen atoms in total. The molecule has 2 N–H and O–H groups in total. The van der Waals surface area contributed by atoms with E-state index < -0.39 is 17.7 Å². The number of ketones is 1. The Morgan fingerprint density at radius 2 is 1.75 bits per heavy atom. The molecule has 0 bridgehead atoms. The van der Waals surface area contributed by atoms with Crippen LogP contribution >= 0.6 is 0 Å². The second-order valence-electron chi connectivity index (χ2n) is 7.79. The Morgan fingerprint density at radius 3 is 2.34 bits per heavy atom. The van der Waals surface area contributed by atoms with Crippen LogP contribution < -0.4 is 4.74 Å². The summed E-state index contributed by atoms with van der Waals surface area (Å²) in [5.74, 6) is -0.608. The first-order valence-electron chi connectivity index (χ1n) is 10.2. The molecule has 164 valence electrons. The van der Waals surface area contributed by atoms with Crippen molar-refractivity contribution in [2.45, 2.75) is 32.5 Å². The number of likely N-dealkylation sites (tertiary alicyclic amines) is 1. The summed E-state index contributed by atoms with van der Waals surface area (Å²) in [6, 6.07) is 15.4. The highest BCUT2D eigenvalue weighted by molar-refractivity contribution is 6.46. The van der Waals surface area contributed by atoms with Gasteiger partial charge in [0.05, 0.1) is 30.5 Å². The Hall–Kier alpha value is -4.00. The van der Waals surface area contributed by atoms with Crippen LogP contribution in [0.5, 0.6) is 11.5 Å². The number of nitrogens with zero attached hydrogens (tertiary/aromatic N) is 1. The van der Waals surface area contributed by atoms with Gasteiger partial charge in [0.2, 0.25) is 0 Å². The maximum atomic E-state index is 13.0. The van der Waals surface area contributed by atoms with Gasteiger partial charge in [0, 0.05) is 5.56 Å². The van der Waals surface area contributed by atoms with E-state index in [1.54, 1.807) is 48.5 Å². The van der Waals surface area contributed by atoms with Gasteiger partial charge in [0.1, 0.15) is 23.0 Å². The Morgan fingerprint density at radius 1 is 1.06 bits per heavy atom. The summed E-state index contributed by atoms with van der Waals surface area (Å²) in [7, 11) is 0. The van der Waals surface area contributed by atoms with Crippen molar-refractivity contribution in [2.24, 2.45) is 0 Å². The maximum Gasteiger partial charge on any atom is 0.296 e. The van der Waals surface area contributed by atoms with Gasteiger partial charge in [-0.15, -0.1) is 0 Å². The van der Waals surface area contributed by atoms with Crippen molar-refractivity contribution in [3.63, 3.8) is 0 Å². The summed E-state index contributed by atoms with van der Waals surface area (Å²) in [5, 5.41) is 20.8. The molecule has 4 rings (SSSR count). The van der Waals surface area contributed by atoms with Crippen molar-refractivity contribution in [3.05, 3.63) is 89.4 Å². The predicted octanol–water partition coefficient (Wildman–Crippen LogP) is 4.39. The van der Waals surface area contributed by atoms with E-state index >= 15 is 0 Å². The topological polar surface area (TPSA) is 100 Å². The fourth-order valence-electron chi connectivity index (χ4n) is 3.74. The number of phenols is 1. The molecule has 1 saturated heterocycles. The molecule has 1 aliphatic heterocycles. The molecular weight excluding hydrogens is 410 g/mol. The molecule has 3 aromatic rings. The monoisotopic (exact) mass is 433 g/mol. The number of rotatable bonds is 6. The molecule has 0 spiro atoms. The number of hydrogen-bond donors (Lipinski definition) is 2. The lowest BCUT2D eigenvalue weighted by atomic mass is 9.95. The Labute approximate surface area is 185 Å². The number of amides is 1. The molecule has 7 heteroatoms. The van der Waals surface area contributed by atoms with Crippen molar-refractivity contribution in [1.29, 1.82) is 0 Å². The molecule has 0 saturated carbocycles. The molecule has 1 aliphatic rings. The minimum atomic E-state index is -0.840. The van der Waals surface area contributed by atoms with E-state index in [0.717, 1.165) is 0 Å². The Bertz CT molecular complexity index is 1140. The molecule has 2 aromatic carbocycles. The lowest BCUT2D eigenvalue weighted by molar-refractivity contribution is -0.140. The summed E-state index contributed by atoms with van der Waals surface area (Å²) >= 11 is 0. The van der Waals surface area contributed by atoms with E-state index in [4.69, 9.17) is 9.15 Å². The molecule has 1 aromatic heterocycles. The Balaban J connectivity index is 1.79. The van der Waals surface area contributed by atoms with Gasteiger partial charge in [0.25, 0.3) is 11.7 Å². The minimum Gasteiger partial charge on any atom is -0.508 e. The summed E-state index contributed by atoms with van der Waals surface area (Å²) in [6.45, 7) is 3.87. The van der Waals surface area contributed by atoms with Gasteiger partial charge in [0.15, 0.2) is 0 Å². The van der Waals surface area contributed by atoms with Gasteiger partial charge in [-0.05, 0) is 67.9 Å². The van der Waals surface area contributed by atoms with Crippen molar-refractivity contribution >= 4 is 17.4 Å². The third-order valence-electron chi connectivity index (χ3n) is 5.15. The number of aromatic hydroxyl groups is 1. The summed E-state index contributed by atoms with van der Waals surface area (Å²) in [6.07, 6.45) is 1.48. The number of aliphatic hydroxyl groups excluding tert-OH is 1. The SMILES string of the molecule is CC(C)Oc1ccc(/C(O)=C2/C(=O)C(=O)N(Cc3ccco3)C2c2ccc(O)cc2)cc1. The second-order valence-corrected chi connectivity index (χ2v) is 7.79. The molecule has 2 heterocycles. The fourth-order valence-corrected chi connectivity index (χ4v) is 3.74. The lowest BCUT2D eigenvalue weighted by Gasteiger charge is -2.24. The van der Waals surface area contributed by atoms with E-state index in [2.05, 4.69) is 0 Å². The van der Waals surface area contributed by atoms with Crippen LogP contribution in [0.4, 0.5) is 0 Å². The second kappa shape index (κ2) is 8.63. The summed E-state index contributed by atoms with van der Waals surface area (Å²) in [4.78, 5) is 27.3. The van der Waals surface area contributed by atoms with Gasteiger partial charge in [-0.25, -0.2) is 0 Å². The minimum absolute atomic E-state index is 0.00383. The first-order chi connectivity index (χ1) is 15.3. The molecule has 1 atom stereocenters. The van der Waals surface area contributed by atoms with E-state index in [-0.39, 0.29) is 29.7 Å². The third kappa shape index (κ3) is 4.09. The average Bonchev–Trinajstić information content (AvgIpc) is 3.36. The van der Waals surface area contributed by atoms with Crippen LogP contribution in [0, 0.1) is 0 Å². The van der Waals surface area contributed by atoms with Gasteiger partial charge >= 0.3 is 0 Å². The van der Waals surface area contributed by atoms with Crippen LogP contribution in [0.2, 0.25) is 0 Å². The fraction of sp³-hybridized carbons (Fsp3) is 0.200.